The third kappa shape index (κ3) is 5.50. The molecule has 2 N–H and O–H groups in total. The molecule has 174 valence electrons. The highest BCUT2D eigenvalue weighted by molar-refractivity contribution is 6.31. The smallest absolute Gasteiger partial charge is 0.433 e. The van der Waals surface area contributed by atoms with Crippen LogP contribution in [0.3, 0.4) is 0 Å². The number of nitrogens with one attached hydrogen (secondary N) is 2. The van der Waals surface area contributed by atoms with Gasteiger partial charge in [0.25, 0.3) is 5.91 Å². The lowest BCUT2D eigenvalue weighted by molar-refractivity contribution is -0.140. The van der Waals surface area contributed by atoms with Crippen molar-refractivity contribution < 1.29 is 22.7 Å². The Morgan fingerprint density at radius 1 is 1.09 bits per heavy atom. The number of pyridine rings is 1. The average Bonchev–Trinajstić information content (AvgIpc) is 2.79. The lowest BCUT2D eigenvalue weighted by Crippen LogP contribution is -2.41. The molecule has 0 saturated heterocycles. The highest BCUT2D eigenvalue weighted by Gasteiger charge is 2.34. The molecule has 0 radical (unpaired) electrons. The first kappa shape index (κ1) is 23.2. The van der Waals surface area contributed by atoms with Crippen molar-refractivity contribution in [3.8, 4) is 5.75 Å². The number of fused-ring (bicyclic) bond motifs is 1. The summed E-state index contributed by atoms with van der Waals surface area (Å²) >= 11 is 6.09. The van der Waals surface area contributed by atoms with E-state index in [9.17, 15) is 18.0 Å². The van der Waals surface area contributed by atoms with E-state index in [1.165, 1.54) is 12.1 Å². The molecule has 0 spiro atoms. The predicted molar refractivity (Wildman–Crippen MR) is 122 cm³/mol. The molecule has 1 aliphatic carbocycles. The van der Waals surface area contributed by atoms with Gasteiger partial charge in [-0.25, -0.2) is 4.98 Å². The molecule has 2 atom stereocenters. The number of aromatic nitrogens is 1. The molecule has 1 heterocycles. The van der Waals surface area contributed by atoms with Crippen LogP contribution >= 0.6 is 11.6 Å². The zero-order chi connectivity index (χ0) is 23.6. The van der Waals surface area contributed by atoms with E-state index in [0.717, 1.165) is 25.3 Å². The van der Waals surface area contributed by atoms with Gasteiger partial charge in [0.1, 0.15) is 11.4 Å². The molecule has 1 aromatic heterocycles. The molecule has 33 heavy (non-hydrogen) atoms. The average molecular weight is 478 g/mol. The van der Waals surface area contributed by atoms with Gasteiger partial charge in [0.15, 0.2) is 0 Å². The van der Waals surface area contributed by atoms with Gasteiger partial charge in [-0.15, -0.1) is 0 Å². The first-order valence-electron chi connectivity index (χ1n) is 10.6. The maximum absolute atomic E-state index is 13.4. The Morgan fingerprint density at radius 3 is 2.52 bits per heavy atom. The number of carbonyl (C=O) groups is 1. The molecule has 0 aliphatic heterocycles. The maximum atomic E-state index is 13.4. The summed E-state index contributed by atoms with van der Waals surface area (Å²) in [5, 5.41) is 7.24. The van der Waals surface area contributed by atoms with Crippen LogP contribution in [0.15, 0.2) is 48.5 Å². The lowest BCUT2D eigenvalue weighted by atomic mass is 9.90. The molecule has 0 bridgehead atoms. The first-order valence-corrected chi connectivity index (χ1v) is 11.0. The first-order chi connectivity index (χ1) is 15.7. The van der Waals surface area contributed by atoms with Crippen molar-refractivity contribution >= 4 is 34.1 Å². The number of methoxy groups -OCH3 is 1. The van der Waals surface area contributed by atoms with Gasteiger partial charge in [-0.3, -0.25) is 4.79 Å². The van der Waals surface area contributed by atoms with Crippen LogP contribution < -0.4 is 15.4 Å². The number of carbonyl (C=O) groups excluding carboxylic acids is 1. The second kappa shape index (κ2) is 9.47. The number of nitrogens with zero attached hydrogens (tertiary/aromatic N) is 1. The number of hydrogen-bond donors (Lipinski definition) is 2. The maximum Gasteiger partial charge on any atom is 0.433 e. The van der Waals surface area contributed by atoms with Crippen LogP contribution in [0.5, 0.6) is 5.75 Å². The van der Waals surface area contributed by atoms with E-state index in [1.54, 1.807) is 37.4 Å². The fourth-order valence-corrected chi connectivity index (χ4v) is 4.32. The molecule has 1 aliphatic rings. The van der Waals surface area contributed by atoms with Crippen LogP contribution in [0.4, 0.5) is 18.9 Å². The minimum Gasteiger partial charge on any atom is -0.497 e. The summed E-state index contributed by atoms with van der Waals surface area (Å²) in [6, 6.07) is 12.3. The van der Waals surface area contributed by atoms with Crippen molar-refractivity contribution in [2.45, 2.75) is 43.9 Å². The molecule has 1 amide bonds. The molecular formula is C24H23ClF3N3O2. The van der Waals surface area contributed by atoms with Gasteiger partial charge in [0.05, 0.1) is 12.6 Å². The van der Waals surface area contributed by atoms with Crippen molar-refractivity contribution in [3.63, 3.8) is 0 Å². The summed E-state index contributed by atoms with van der Waals surface area (Å²) in [4.78, 5) is 16.4. The Kier molecular flexibility index (Phi) is 6.65. The highest BCUT2D eigenvalue weighted by atomic mass is 35.5. The van der Waals surface area contributed by atoms with Gasteiger partial charge in [-0.05, 0) is 74.2 Å². The predicted octanol–water partition coefficient (Wildman–Crippen LogP) is 6.07. The van der Waals surface area contributed by atoms with Crippen molar-refractivity contribution in [2.75, 3.05) is 12.4 Å². The van der Waals surface area contributed by atoms with E-state index < -0.39 is 11.9 Å². The monoisotopic (exact) mass is 477 g/mol. The number of alkyl halides is 3. The SMILES string of the molecule is COc1ccc(C(=O)N[C@@H]2CCC[C@H](Nc3cc(C(F)(F)F)nc4ccc(Cl)cc34)C2)cc1. The van der Waals surface area contributed by atoms with Gasteiger partial charge in [-0.2, -0.15) is 13.2 Å². The largest absolute Gasteiger partial charge is 0.497 e. The molecule has 0 unspecified atom stereocenters. The van der Waals surface area contributed by atoms with E-state index >= 15 is 0 Å². The van der Waals surface area contributed by atoms with E-state index in [2.05, 4.69) is 15.6 Å². The van der Waals surface area contributed by atoms with E-state index in [1.807, 2.05) is 0 Å². The van der Waals surface area contributed by atoms with Gasteiger partial charge < -0.3 is 15.4 Å². The van der Waals surface area contributed by atoms with Crippen molar-refractivity contribution in [3.05, 3.63) is 64.8 Å². The number of ether oxygens (including phenoxy) is 1. The Bertz CT molecular complexity index is 1150. The van der Waals surface area contributed by atoms with E-state index in [4.69, 9.17) is 16.3 Å². The highest BCUT2D eigenvalue weighted by Crippen LogP contribution is 2.35. The molecule has 1 fully saturated rings. The molecule has 2 aromatic carbocycles. The Hall–Kier alpha value is -3.00. The molecule has 1 saturated carbocycles. The standard InChI is InChI=1S/C24H23ClF3N3O2/c1-33-18-8-5-14(6-9-18)23(32)30-17-4-2-3-16(12-17)29-21-13-22(24(26,27)28)31-20-10-7-15(25)11-19(20)21/h5-11,13,16-17H,2-4,12H2,1H3,(H,29,31)(H,30,32)/t16-,17+/m0/s1. The molecule has 5 nitrogen and oxygen atoms in total. The van der Waals surface area contributed by atoms with Gasteiger partial charge in [-0.1, -0.05) is 11.6 Å². The van der Waals surface area contributed by atoms with Crippen LogP contribution in [-0.2, 0) is 6.18 Å². The molecule has 9 heteroatoms. The third-order valence-electron chi connectivity index (χ3n) is 5.78. The number of benzene rings is 2. The van der Waals surface area contributed by atoms with Crippen LogP contribution in [0.2, 0.25) is 5.02 Å². The summed E-state index contributed by atoms with van der Waals surface area (Å²) < 4.78 is 45.3. The number of anilines is 1. The molecule has 4 rings (SSSR count). The number of amides is 1. The zero-order valence-electron chi connectivity index (χ0n) is 17.9. The van der Waals surface area contributed by atoms with Crippen molar-refractivity contribution in [1.29, 1.82) is 0 Å². The summed E-state index contributed by atoms with van der Waals surface area (Å²) in [6.45, 7) is 0. The second-order valence-corrected chi connectivity index (χ2v) is 8.56. The summed E-state index contributed by atoms with van der Waals surface area (Å²) in [5.74, 6) is 0.472. The normalized spacial score (nSPS) is 18.7. The number of hydrogen-bond acceptors (Lipinski definition) is 4. The summed E-state index contributed by atoms with van der Waals surface area (Å²) in [6.07, 6.45) is -1.56. The van der Waals surface area contributed by atoms with Crippen LogP contribution in [-0.4, -0.2) is 30.1 Å². The Labute approximate surface area is 194 Å². The molecule has 3 aromatic rings. The van der Waals surface area contributed by atoms with Crippen molar-refractivity contribution in [1.82, 2.24) is 10.3 Å². The minimum atomic E-state index is -4.56. The quantitative estimate of drug-likeness (QED) is 0.468. The van der Waals surface area contributed by atoms with Crippen molar-refractivity contribution in [2.24, 2.45) is 0 Å². The van der Waals surface area contributed by atoms with E-state index in [0.29, 0.717) is 33.8 Å². The van der Waals surface area contributed by atoms with Gasteiger partial charge >= 0.3 is 6.18 Å². The minimum absolute atomic E-state index is 0.0929. The fraction of sp³-hybridized carbons (Fsp3) is 0.333. The Morgan fingerprint density at radius 2 is 1.82 bits per heavy atom. The summed E-state index contributed by atoms with van der Waals surface area (Å²) in [5.41, 5.74) is 0.120. The third-order valence-corrected chi connectivity index (χ3v) is 6.02. The molecular weight excluding hydrogens is 455 g/mol. The van der Waals surface area contributed by atoms with Crippen LogP contribution in [0, 0.1) is 0 Å². The summed E-state index contributed by atoms with van der Waals surface area (Å²) in [7, 11) is 1.56. The number of halogens is 4. The number of rotatable bonds is 5. The van der Waals surface area contributed by atoms with E-state index in [-0.39, 0.29) is 23.5 Å². The second-order valence-electron chi connectivity index (χ2n) is 8.12. The van der Waals surface area contributed by atoms with Gasteiger partial charge in [0, 0.05) is 33.7 Å². The topological polar surface area (TPSA) is 63.2 Å². The van der Waals surface area contributed by atoms with Crippen LogP contribution in [0.25, 0.3) is 10.9 Å². The lowest BCUT2D eigenvalue weighted by Gasteiger charge is -2.31. The zero-order valence-corrected chi connectivity index (χ0v) is 18.6. The Balaban J connectivity index is 1.51. The fourth-order valence-electron chi connectivity index (χ4n) is 4.15. The van der Waals surface area contributed by atoms with Crippen LogP contribution in [0.1, 0.15) is 41.7 Å². The van der Waals surface area contributed by atoms with Gasteiger partial charge in [0.2, 0.25) is 0 Å².